The molecule has 1 aliphatic rings. The Morgan fingerprint density at radius 1 is 1.36 bits per heavy atom. The van der Waals surface area contributed by atoms with Gasteiger partial charge in [-0.05, 0) is 24.6 Å². The fourth-order valence-corrected chi connectivity index (χ4v) is 2.85. The number of Topliss-reactive ketones (excluding diaryl/α,β-unsaturated/α-hetero) is 1. The Labute approximate surface area is 158 Å². The molecule has 1 heterocycles. The van der Waals surface area contributed by atoms with E-state index in [0.717, 1.165) is 0 Å². The topological polar surface area (TPSA) is 152 Å². The van der Waals surface area contributed by atoms with Crippen molar-refractivity contribution < 1.29 is 33.2 Å². The van der Waals surface area contributed by atoms with Crippen LogP contribution in [0.15, 0.2) is 24.3 Å². The molecule has 0 radical (unpaired) electrons. The van der Waals surface area contributed by atoms with Gasteiger partial charge in [0.15, 0.2) is 0 Å². The molecule has 1 fully saturated rings. The summed E-state index contributed by atoms with van der Waals surface area (Å²) in [5.74, 6) is -4.71. The number of nitrogens with one attached hydrogen (secondary N) is 1. The van der Waals surface area contributed by atoms with Gasteiger partial charge >= 0.3 is 11.7 Å². The summed E-state index contributed by atoms with van der Waals surface area (Å²) < 4.78 is 18.4. The number of hydrogen-bond acceptors (Lipinski definition) is 6. The molecule has 1 amide bonds. The number of carbonyl (C=O) groups is 3. The van der Waals surface area contributed by atoms with E-state index in [9.17, 15) is 28.9 Å². The van der Waals surface area contributed by atoms with E-state index in [1.165, 1.54) is 38.1 Å². The molecule has 11 heteroatoms. The number of alkyl halides is 1. The number of benzene rings is 1. The maximum Gasteiger partial charge on any atom is 0.441 e. The number of hydrogen-bond donors (Lipinski definition) is 1. The van der Waals surface area contributed by atoms with Gasteiger partial charge in [-0.3, -0.25) is 19.7 Å². The predicted octanol–water partition coefficient (Wildman–Crippen LogP) is 0.987. The molecule has 1 aromatic rings. The monoisotopic (exact) mass is 392 g/mol. The molecule has 0 bridgehead atoms. The number of nitrogens with zero attached hydrogens (tertiary/aromatic N) is 3. The lowest BCUT2D eigenvalue weighted by atomic mass is 9.77. The maximum absolute atomic E-state index is 13.5. The first-order valence-electron chi connectivity index (χ1n) is 8.28. The molecule has 0 saturated carbocycles. The summed E-state index contributed by atoms with van der Waals surface area (Å²) in [6, 6.07) is 4.33. The van der Waals surface area contributed by atoms with E-state index >= 15 is 0 Å². The minimum Gasteiger partial charge on any atom is -0.452 e. The van der Waals surface area contributed by atoms with Gasteiger partial charge in [-0.15, -0.1) is 0 Å². The van der Waals surface area contributed by atoms with Crippen LogP contribution < -0.4 is 5.32 Å². The van der Waals surface area contributed by atoms with Crippen molar-refractivity contribution in [2.75, 3.05) is 0 Å². The lowest BCUT2D eigenvalue weighted by Crippen LogP contribution is -2.65. The summed E-state index contributed by atoms with van der Waals surface area (Å²) in [7, 11) is 0. The number of nitro benzene ring substituents is 1. The fourth-order valence-electron chi connectivity index (χ4n) is 2.85. The van der Waals surface area contributed by atoms with Gasteiger partial charge in [0.1, 0.15) is 12.8 Å². The molecule has 1 N–H and O–H groups in total. The van der Waals surface area contributed by atoms with Gasteiger partial charge in [0.2, 0.25) is 5.91 Å². The van der Waals surface area contributed by atoms with Gasteiger partial charge in [0.05, 0.1) is 16.9 Å². The number of non-ortho nitro benzene ring substituents is 1. The van der Waals surface area contributed by atoms with Crippen LogP contribution in [-0.4, -0.2) is 45.3 Å². The largest absolute Gasteiger partial charge is 0.452 e. The molecule has 1 saturated heterocycles. The van der Waals surface area contributed by atoms with Crippen LogP contribution in [-0.2, 0) is 25.7 Å². The van der Waals surface area contributed by atoms with E-state index in [4.69, 9.17) is 10.3 Å². The molecule has 2 rings (SSSR count). The Morgan fingerprint density at radius 2 is 1.96 bits per heavy atom. The second-order valence-electron chi connectivity index (χ2n) is 6.34. The first-order valence-corrected chi connectivity index (χ1v) is 8.28. The van der Waals surface area contributed by atoms with Crippen LogP contribution in [0.5, 0.6) is 0 Å². The number of esters is 1. The minimum atomic E-state index is -1.49. The van der Waals surface area contributed by atoms with E-state index in [1.807, 2.05) is 0 Å². The molecule has 10 nitrogen and oxygen atoms in total. The third-order valence-electron chi connectivity index (χ3n) is 4.49. The number of rotatable bonds is 8. The van der Waals surface area contributed by atoms with E-state index in [2.05, 4.69) is 10.1 Å². The highest BCUT2D eigenvalue weighted by molar-refractivity contribution is 6.62. The van der Waals surface area contributed by atoms with E-state index in [1.54, 1.807) is 0 Å². The van der Waals surface area contributed by atoms with E-state index in [0.29, 0.717) is 5.56 Å². The lowest BCUT2D eigenvalue weighted by Gasteiger charge is -2.40. The summed E-state index contributed by atoms with van der Waals surface area (Å²) in [5, 5.41) is 13.0. The summed E-state index contributed by atoms with van der Waals surface area (Å²) in [6.07, 6.45) is -1.49. The molecule has 4 unspecified atom stereocenters. The number of β-lactam (4-membered cyclic amide) rings is 1. The van der Waals surface area contributed by atoms with Crippen molar-refractivity contribution in [2.24, 2.45) is 11.8 Å². The standard InChI is InChI=1S/C17H17FN4O6/c1-8(13-12(9(2)18)16(24)20-13)15(23)14(21-19)17(25)28-7-10-3-5-11(6-4-10)22(26)27/h3-6,8-9,12-13H,7H2,1-2H3,(H,20,24). The molecular weight excluding hydrogens is 375 g/mol. The molecule has 1 aliphatic heterocycles. The summed E-state index contributed by atoms with van der Waals surface area (Å²) in [5.41, 5.74) is 8.42. The van der Waals surface area contributed by atoms with Crippen LogP contribution in [0.1, 0.15) is 19.4 Å². The second kappa shape index (κ2) is 8.49. The Bertz CT molecular complexity index is 863. The molecule has 0 aliphatic carbocycles. The lowest BCUT2D eigenvalue weighted by molar-refractivity contribution is -0.384. The molecular formula is C17H17FN4O6. The number of nitro groups is 1. The average molecular weight is 392 g/mol. The van der Waals surface area contributed by atoms with E-state index in [-0.39, 0.29) is 12.3 Å². The highest BCUT2D eigenvalue weighted by atomic mass is 19.1. The van der Waals surface area contributed by atoms with Crippen molar-refractivity contribution in [3.63, 3.8) is 0 Å². The third kappa shape index (κ3) is 4.26. The Morgan fingerprint density at radius 3 is 2.43 bits per heavy atom. The van der Waals surface area contributed by atoms with Gasteiger partial charge < -0.3 is 15.6 Å². The Hall–Kier alpha value is -3.46. The number of halogens is 1. The molecule has 0 spiro atoms. The van der Waals surface area contributed by atoms with Crippen molar-refractivity contribution >= 4 is 29.1 Å². The number of ether oxygens (including phenoxy) is 1. The SMILES string of the molecule is CC(F)C1C(=O)NC1C(C)C(=O)C(=[N+]=[N-])C(=O)OCc1ccc([N+](=O)[O-])cc1. The van der Waals surface area contributed by atoms with Crippen molar-refractivity contribution in [1.29, 1.82) is 0 Å². The first-order chi connectivity index (χ1) is 13.2. The fraction of sp³-hybridized carbons (Fsp3) is 0.412. The highest BCUT2D eigenvalue weighted by Crippen LogP contribution is 2.27. The number of ketones is 1. The minimum absolute atomic E-state index is 0.143. The Kier molecular flexibility index (Phi) is 6.32. The van der Waals surface area contributed by atoms with Crippen molar-refractivity contribution in [3.8, 4) is 0 Å². The first kappa shape index (κ1) is 20.8. The van der Waals surface area contributed by atoms with Gasteiger partial charge in [-0.1, -0.05) is 6.92 Å². The van der Waals surface area contributed by atoms with Crippen LogP contribution in [0.3, 0.4) is 0 Å². The van der Waals surface area contributed by atoms with Crippen molar-refractivity contribution in [1.82, 2.24) is 5.32 Å². The van der Waals surface area contributed by atoms with Crippen LogP contribution in [0.2, 0.25) is 0 Å². The van der Waals surface area contributed by atoms with Gasteiger partial charge in [-0.2, -0.15) is 4.79 Å². The van der Waals surface area contributed by atoms with Crippen molar-refractivity contribution in [2.45, 2.75) is 32.7 Å². The maximum atomic E-state index is 13.5. The van der Waals surface area contributed by atoms with Gasteiger partial charge in [0.25, 0.3) is 11.5 Å². The zero-order valence-corrected chi connectivity index (χ0v) is 15.0. The smallest absolute Gasteiger partial charge is 0.441 e. The normalized spacial score (nSPS) is 20.0. The zero-order valence-electron chi connectivity index (χ0n) is 15.0. The summed E-state index contributed by atoms with van der Waals surface area (Å²) >= 11 is 0. The zero-order chi connectivity index (χ0) is 21.0. The van der Waals surface area contributed by atoms with Crippen LogP contribution in [0.25, 0.3) is 5.53 Å². The van der Waals surface area contributed by atoms with Gasteiger partial charge in [-0.25, -0.2) is 9.18 Å². The Balaban J connectivity index is 2.00. The molecule has 28 heavy (non-hydrogen) atoms. The second-order valence-corrected chi connectivity index (χ2v) is 6.34. The van der Waals surface area contributed by atoms with Crippen LogP contribution in [0.4, 0.5) is 10.1 Å². The predicted molar refractivity (Wildman–Crippen MR) is 91.7 cm³/mol. The van der Waals surface area contributed by atoms with Gasteiger partial charge in [0, 0.05) is 18.1 Å². The average Bonchev–Trinajstić information content (AvgIpc) is 2.63. The summed E-state index contributed by atoms with van der Waals surface area (Å²) in [4.78, 5) is 48.6. The molecule has 4 atom stereocenters. The number of amides is 1. The van der Waals surface area contributed by atoms with Crippen LogP contribution >= 0.6 is 0 Å². The molecule has 0 aromatic heterocycles. The quantitative estimate of drug-likeness (QED) is 0.102. The third-order valence-corrected chi connectivity index (χ3v) is 4.49. The molecule has 148 valence electrons. The van der Waals surface area contributed by atoms with Crippen molar-refractivity contribution in [3.05, 3.63) is 45.5 Å². The molecule has 1 aromatic carbocycles. The summed E-state index contributed by atoms with van der Waals surface area (Å²) in [6.45, 7) is 2.24. The number of carbonyl (C=O) groups excluding carboxylic acids is 3. The van der Waals surface area contributed by atoms with E-state index < -0.39 is 52.3 Å². The van der Waals surface area contributed by atoms with Crippen LogP contribution in [0, 0.1) is 22.0 Å². The highest BCUT2D eigenvalue weighted by Gasteiger charge is 2.50.